The fourth-order valence-electron chi connectivity index (χ4n) is 3.45. The molecule has 2 amide bonds. The molecule has 4 rings (SSSR count). The lowest BCUT2D eigenvalue weighted by molar-refractivity contribution is 0.116. The van der Waals surface area contributed by atoms with E-state index in [0.29, 0.717) is 13.1 Å². The van der Waals surface area contributed by atoms with Crippen molar-refractivity contribution in [2.45, 2.75) is 25.8 Å². The number of alkyl halides is 2. The highest BCUT2D eigenvalue weighted by atomic mass is 35.5. The number of anilines is 1. The molecule has 1 N–H and O–H groups in total. The molecule has 0 radical (unpaired) electrons. The van der Waals surface area contributed by atoms with Crippen LogP contribution in [0.5, 0.6) is 0 Å². The van der Waals surface area contributed by atoms with Gasteiger partial charge in [0.05, 0.1) is 17.3 Å². The van der Waals surface area contributed by atoms with E-state index in [0.717, 1.165) is 25.0 Å². The normalized spacial score (nSPS) is 13.1. The first kappa shape index (κ1) is 26.4. The van der Waals surface area contributed by atoms with Crippen molar-refractivity contribution >= 4 is 23.3 Å². The summed E-state index contributed by atoms with van der Waals surface area (Å²) in [6.45, 7) is 0.928. The first-order valence-corrected chi connectivity index (χ1v) is 11.1. The number of nitrogens with one attached hydrogen (secondary N) is 1. The molecule has 1 aliphatic rings. The first-order chi connectivity index (χ1) is 16.7. The van der Waals surface area contributed by atoms with Gasteiger partial charge in [0, 0.05) is 24.2 Å². The zero-order valence-corrected chi connectivity index (χ0v) is 19.8. The number of nitrogens with zero attached hydrogens (tertiary/aromatic N) is 4. The minimum Gasteiger partial charge on any atom is -0.415 e. The van der Waals surface area contributed by atoms with E-state index in [1.165, 1.54) is 29.2 Å². The predicted octanol–water partition coefficient (Wildman–Crippen LogP) is 5.66. The number of likely N-dealkylation sites (tertiary alicyclic amines) is 1. The lowest BCUT2D eigenvalue weighted by Gasteiger charge is -2.29. The lowest BCUT2D eigenvalue weighted by atomic mass is 10.1. The van der Waals surface area contributed by atoms with Crippen molar-refractivity contribution in [1.29, 1.82) is 0 Å². The summed E-state index contributed by atoms with van der Waals surface area (Å²) in [5.41, 5.74) is 0.491. The van der Waals surface area contributed by atoms with Gasteiger partial charge in [-0.2, -0.15) is 8.78 Å². The van der Waals surface area contributed by atoms with Crippen LogP contribution >= 0.6 is 11.6 Å². The molecule has 0 spiro atoms. The monoisotopic (exact) mass is 513 g/mol. The molecule has 0 aliphatic carbocycles. The van der Waals surface area contributed by atoms with Gasteiger partial charge in [0.25, 0.3) is 5.89 Å². The zero-order chi connectivity index (χ0) is 25.5. The van der Waals surface area contributed by atoms with Crippen molar-refractivity contribution in [2.24, 2.45) is 0 Å². The third kappa shape index (κ3) is 6.49. The Balaban J connectivity index is 0.00000108. The number of hydrogen-bond acceptors (Lipinski definition) is 5. The standard InChI is InChI=1S/C21H17ClF4N4O2.C2H7N/c22-15-10-14(23)5-6-17(15)30(21(31)29-7-1-2-8-29)11-13-4-3-12(9-16(13)24)19-27-28-20(32-19)18(25)26;1-3-2/h3-6,9-10,18H,1-2,7-8,11H2;3H,1-2H3. The van der Waals surface area contributed by atoms with Gasteiger partial charge < -0.3 is 14.6 Å². The summed E-state index contributed by atoms with van der Waals surface area (Å²) in [5, 5.41) is 9.49. The van der Waals surface area contributed by atoms with Crippen molar-refractivity contribution in [3.63, 3.8) is 0 Å². The molecular weight excluding hydrogens is 490 g/mol. The summed E-state index contributed by atoms with van der Waals surface area (Å²) in [4.78, 5) is 16.0. The molecule has 2 aromatic carbocycles. The number of carbonyl (C=O) groups is 1. The number of carbonyl (C=O) groups excluding carboxylic acids is 1. The topological polar surface area (TPSA) is 74.5 Å². The Morgan fingerprint density at radius 3 is 2.40 bits per heavy atom. The van der Waals surface area contributed by atoms with Crippen molar-refractivity contribution < 1.29 is 26.8 Å². The molecule has 0 unspecified atom stereocenters. The van der Waals surface area contributed by atoms with Gasteiger partial charge in [0.2, 0.25) is 5.89 Å². The summed E-state index contributed by atoms with van der Waals surface area (Å²) in [6, 6.07) is 7.10. The Bertz CT molecular complexity index is 1150. The van der Waals surface area contributed by atoms with Crippen molar-refractivity contribution in [3.8, 4) is 11.5 Å². The number of urea groups is 1. The molecule has 1 aromatic heterocycles. The molecule has 188 valence electrons. The Hall–Kier alpha value is -3.18. The highest BCUT2D eigenvalue weighted by Crippen LogP contribution is 2.31. The molecule has 0 saturated carbocycles. The van der Waals surface area contributed by atoms with E-state index in [9.17, 15) is 22.4 Å². The average molecular weight is 514 g/mol. The van der Waals surface area contributed by atoms with Crippen LogP contribution in [0.4, 0.5) is 28.0 Å². The van der Waals surface area contributed by atoms with Gasteiger partial charge in [-0.25, -0.2) is 13.6 Å². The second-order valence-corrected chi connectivity index (χ2v) is 8.12. The molecule has 2 heterocycles. The highest BCUT2D eigenvalue weighted by molar-refractivity contribution is 6.33. The van der Waals surface area contributed by atoms with Crippen LogP contribution in [-0.2, 0) is 6.54 Å². The third-order valence-electron chi connectivity index (χ3n) is 5.06. The van der Waals surface area contributed by atoms with E-state index >= 15 is 0 Å². The molecule has 0 bridgehead atoms. The number of rotatable bonds is 5. The summed E-state index contributed by atoms with van der Waals surface area (Å²) in [7, 11) is 3.75. The van der Waals surface area contributed by atoms with Gasteiger partial charge in [0.1, 0.15) is 11.6 Å². The van der Waals surface area contributed by atoms with Crippen LogP contribution in [0, 0.1) is 11.6 Å². The Morgan fingerprint density at radius 1 is 1.14 bits per heavy atom. The Kier molecular flexibility index (Phi) is 9.05. The second-order valence-electron chi connectivity index (χ2n) is 7.71. The van der Waals surface area contributed by atoms with E-state index in [1.807, 2.05) is 14.1 Å². The molecule has 12 heteroatoms. The Labute approximate surface area is 204 Å². The van der Waals surface area contributed by atoms with Crippen molar-refractivity contribution in [3.05, 3.63) is 64.5 Å². The van der Waals surface area contributed by atoms with Crippen LogP contribution in [-0.4, -0.2) is 48.3 Å². The SMILES string of the molecule is CNC.O=C(N1CCCC1)N(Cc1ccc(-c2nnc(C(F)F)o2)cc1F)c1ccc(F)cc1Cl. The van der Waals surface area contributed by atoms with Crippen molar-refractivity contribution in [2.75, 3.05) is 32.1 Å². The van der Waals surface area contributed by atoms with Gasteiger partial charge in [-0.1, -0.05) is 17.7 Å². The lowest BCUT2D eigenvalue weighted by Crippen LogP contribution is -2.41. The third-order valence-corrected chi connectivity index (χ3v) is 5.37. The zero-order valence-electron chi connectivity index (χ0n) is 19.1. The molecule has 0 atom stereocenters. The largest absolute Gasteiger partial charge is 0.415 e. The van der Waals surface area contributed by atoms with E-state index in [4.69, 9.17) is 16.0 Å². The molecule has 1 saturated heterocycles. The fourth-order valence-corrected chi connectivity index (χ4v) is 3.72. The number of benzene rings is 2. The van der Waals surface area contributed by atoms with E-state index in [2.05, 4.69) is 15.5 Å². The summed E-state index contributed by atoms with van der Waals surface area (Å²) in [5.74, 6) is -2.39. The van der Waals surface area contributed by atoms with E-state index < -0.39 is 24.0 Å². The molecule has 35 heavy (non-hydrogen) atoms. The second kappa shape index (κ2) is 12.0. The summed E-state index contributed by atoms with van der Waals surface area (Å²) in [6.07, 6.45) is -1.24. The minimum absolute atomic E-state index is 0.0139. The average Bonchev–Trinajstić information content (AvgIpc) is 3.52. The predicted molar refractivity (Wildman–Crippen MR) is 123 cm³/mol. The van der Waals surface area contributed by atoms with Gasteiger partial charge in [-0.15, -0.1) is 10.2 Å². The van der Waals surface area contributed by atoms with E-state index in [-0.39, 0.29) is 40.3 Å². The number of amides is 2. The fraction of sp³-hybridized carbons (Fsp3) is 0.348. The van der Waals surface area contributed by atoms with Crippen LogP contribution in [0.25, 0.3) is 11.5 Å². The van der Waals surface area contributed by atoms with Gasteiger partial charge in [-0.3, -0.25) is 4.90 Å². The van der Waals surface area contributed by atoms with E-state index in [1.54, 1.807) is 4.90 Å². The minimum atomic E-state index is -2.94. The Morgan fingerprint density at radius 2 is 1.83 bits per heavy atom. The summed E-state index contributed by atoms with van der Waals surface area (Å²) >= 11 is 6.18. The quantitative estimate of drug-likeness (QED) is 0.445. The van der Waals surface area contributed by atoms with Crippen molar-refractivity contribution in [1.82, 2.24) is 20.4 Å². The van der Waals surface area contributed by atoms with Gasteiger partial charge in [0.15, 0.2) is 0 Å². The van der Waals surface area contributed by atoms with Crippen LogP contribution in [0.15, 0.2) is 40.8 Å². The van der Waals surface area contributed by atoms with Gasteiger partial charge in [-0.05, 0) is 57.3 Å². The van der Waals surface area contributed by atoms with Crippen LogP contribution in [0.3, 0.4) is 0 Å². The maximum absolute atomic E-state index is 14.9. The molecule has 3 aromatic rings. The van der Waals surface area contributed by atoms with Gasteiger partial charge >= 0.3 is 12.5 Å². The number of aromatic nitrogens is 2. The molecular formula is C23H24ClF4N5O2. The first-order valence-electron chi connectivity index (χ1n) is 10.8. The summed E-state index contributed by atoms with van der Waals surface area (Å²) < 4.78 is 58.6. The maximum Gasteiger partial charge on any atom is 0.324 e. The molecule has 1 aliphatic heterocycles. The van der Waals surface area contributed by atoms with Crippen LogP contribution in [0.2, 0.25) is 5.02 Å². The highest BCUT2D eigenvalue weighted by Gasteiger charge is 2.27. The van der Waals surface area contributed by atoms with Crippen LogP contribution in [0.1, 0.15) is 30.7 Å². The molecule has 1 fully saturated rings. The smallest absolute Gasteiger partial charge is 0.324 e. The molecule has 7 nitrogen and oxygen atoms in total. The van der Waals surface area contributed by atoms with Crippen LogP contribution < -0.4 is 10.2 Å². The number of hydrogen-bond donors (Lipinski definition) is 1. The maximum atomic E-state index is 14.9. The number of halogens is 5.